The van der Waals surface area contributed by atoms with Crippen LogP contribution in [0.25, 0.3) is 21.9 Å². The Morgan fingerprint density at radius 2 is 1.45 bits per heavy atom. The van der Waals surface area contributed by atoms with Gasteiger partial charge < -0.3 is 15.2 Å². The van der Waals surface area contributed by atoms with E-state index in [4.69, 9.17) is 4.74 Å². The van der Waals surface area contributed by atoms with Gasteiger partial charge in [0.25, 0.3) is 0 Å². The van der Waals surface area contributed by atoms with Gasteiger partial charge in [-0.05, 0) is 44.7 Å². The molecule has 154 valence electrons. The lowest BCUT2D eigenvalue weighted by Crippen LogP contribution is -2.30. The van der Waals surface area contributed by atoms with Gasteiger partial charge in [0.15, 0.2) is 0 Å². The van der Waals surface area contributed by atoms with E-state index in [9.17, 15) is 9.90 Å². The van der Waals surface area contributed by atoms with Crippen LogP contribution in [0.1, 0.15) is 28.7 Å². The zero-order valence-electron chi connectivity index (χ0n) is 17.0. The summed E-state index contributed by atoms with van der Waals surface area (Å²) in [6.07, 6.45) is -1.33. The number of hydrogen-bond acceptors (Lipinski definition) is 3. The Morgan fingerprint density at radius 1 is 0.839 bits per heavy atom. The highest BCUT2D eigenvalue weighted by atomic mass is 16.5. The van der Waals surface area contributed by atoms with Gasteiger partial charge in [-0.25, -0.2) is 4.79 Å². The van der Waals surface area contributed by atoms with Gasteiger partial charge in [-0.1, -0.05) is 84.9 Å². The van der Waals surface area contributed by atoms with Gasteiger partial charge >= 0.3 is 6.09 Å². The number of nitrogens with one attached hydrogen (secondary N) is 1. The number of carbonyl (C=O) groups excluding carboxylic acids is 1. The van der Waals surface area contributed by atoms with Crippen LogP contribution in [0.2, 0.25) is 0 Å². The summed E-state index contributed by atoms with van der Waals surface area (Å²) in [6.45, 7) is 0.348. The number of benzene rings is 4. The number of fused-ring (bicyclic) bond motifs is 4. The van der Waals surface area contributed by atoms with Crippen molar-refractivity contribution in [2.75, 3.05) is 13.2 Å². The number of ether oxygens (including phenoxy) is 1. The zero-order chi connectivity index (χ0) is 21.2. The van der Waals surface area contributed by atoms with E-state index >= 15 is 0 Å². The van der Waals surface area contributed by atoms with Crippen molar-refractivity contribution in [1.82, 2.24) is 5.32 Å². The summed E-state index contributed by atoms with van der Waals surface area (Å²) in [6, 6.07) is 30.2. The fourth-order valence-corrected chi connectivity index (χ4v) is 4.36. The summed E-state index contributed by atoms with van der Waals surface area (Å²) >= 11 is 0. The maximum absolute atomic E-state index is 12.3. The summed E-state index contributed by atoms with van der Waals surface area (Å²) in [7, 11) is 0. The number of aliphatic hydroxyl groups is 1. The first-order chi connectivity index (χ1) is 15.2. The average molecular weight is 409 g/mol. The quantitative estimate of drug-likeness (QED) is 0.463. The molecule has 0 aromatic heterocycles. The molecule has 0 saturated carbocycles. The molecule has 1 amide bonds. The van der Waals surface area contributed by atoms with Crippen molar-refractivity contribution < 1.29 is 14.6 Å². The molecular formula is C27H23NO3. The van der Waals surface area contributed by atoms with Crippen LogP contribution in [0.15, 0.2) is 91.0 Å². The monoisotopic (exact) mass is 409 g/mol. The number of alkyl carbamates (subject to hydrolysis) is 1. The van der Waals surface area contributed by atoms with E-state index in [1.807, 2.05) is 66.7 Å². The van der Waals surface area contributed by atoms with Gasteiger partial charge in [0.1, 0.15) is 6.61 Å². The van der Waals surface area contributed by atoms with Crippen LogP contribution in [-0.2, 0) is 4.74 Å². The molecule has 5 rings (SSSR count). The molecule has 4 heteroatoms. The summed E-state index contributed by atoms with van der Waals surface area (Å²) in [5.74, 6) is 0.0172. The van der Waals surface area contributed by atoms with Crippen molar-refractivity contribution in [1.29, 1.82) is 0 Å². The van der Waals surface area contributed by atoms with E-state index in [0.717, 1.165) is 16.3 Å². The van der Waals surface area contributed by atoms with Crippen LogP contribution in [0.5, 0.6) is 0 Å². The van der Waals surface area contributed by atoms with Crippen LogP contribution in [0.4, 0.5) is 4.79 Å². The third-order valence-electron chi connectivity index (χ3n) is 5.94. The van der Waals surface area contributed by atoms with Crippen LogP contribution in [-0.4, -0.2) is 24.4 Å². The molecule has 31 heavy (non-hydrogen) atoms. The molecule has 4 nitrogen and oxygen atoms in total. The predicted molar refractivity (Wildman–Crippen MR) is 122 cm³/mol. The lowest BCUT2D eigenvalue weighted by Gasteiger charge is -2.16. The minimum Gasteiger partial charge on any atom is -0.449 e. The molecule has 4 aromatic rings. The summed E-state index contributed by atoms with van der Waals surface area (Å²) in [5.41, 5.74) is 5.50. The zero-order valence-corrected chi connectivity index (χ0v) is 17.0. The first-order valence-electron chi connectivity index (χ1n) is 10.5. The van der Waals surface area contributed by atoms with Gasteiger partial charge in [0, 0.05) is 5.92 Å². The van der Waals surface area contributed by atoms with Gasteiger partial charge in [0.05, 0.1) is 12.6 Å². The fourth-order valence-electron chi connectivity index (χ4n) is 4.36. The second-order valence-electron chi connectivity index (χ2n) is 7.83. The predicted octanol–water partition coefficient (Wildman–Crippen LogP) is 5.41. The number of aliphatic hydroxyl groups excluding tert-OH is 1. The van der Waals surface area contributed by atoms with Crippen LogP contribution >= 0.6 is 0 Å². The van der Waals surface area contributed by atoms with E-state index in [1.54, 1.807) is 0 Å². The standard InChI is InChI=1S/C27H23NO3/c29-26(20-14-13-18-7-1-2-8-19(18)15-20)16-28-27(30)31-17-25-23-11-5-3-9-21(23)22-10-4-6-12-24(22)25/h1-15,25-26,29H,16-17H2,(H,28,30). The molecule has 0 aliphatic heterocycles. The number of carbonyl (C=O) groups is 1. The smallest absolute Gasteiger partial charge is 0.407 e. The van der Waals surface area contributed by atoms with E-state index in [-0.39, 0.29) is 19.1 Å². The number of amides is 1. The van der Waals surface area contributed by atoms with Crippen molar-refractivity contribution in [2.45, 2.75) is 12.0 Å². The first-order valence-corrected chi connectivity index (χ1v) is 10.5. The SMILES string of the molecule is O=C(NCC(O)c1ccc2ccccc2c1)OCC1c2ccccc2-c2ccccc21. The van der Waals surface area contributed by atoms with E-state index < -0.39 is 12.2 Å². The molecule has 1 atom stereocenters. The largest absolute Gasteiger partial charge is 0.449 e. The highest BCUT2D eigenvalue weighted by Gasteiger charge is 2.29. The Kier molecular flexibility index (Phi) is 5.14. The third kappa shape index (κ3) is 3.78. The van der Waals surface area contributed by atoms with E-state index in [1.165, 1.54) is 22.3 Å². The second kappa shape index (κ2) is 8.25. The molecule has 4 aromatic carbocycles. The first kappa shape index (κ1) is 19.3. The Balaban J connectivity index is 1.21. The minimum atomic E-state index is -0.801. The van der Waals surface area contributed by atoms with Gasteiger partial charge in [-0.3, -0.25) is 0 Å². The van der Waals surface area contributed by atoms with Crippen LogP contribution < -0.4 is 5.32 Å². The molecule has 0 fully saturated rings. The number of hydrogen-bond donors (Lipinski definition) is 2. The molecule has 0 radical (unpaired) electrons. The van der Waals surface area contributed by atoms with Crippen molar-refractivity contribution in [3.8, 4) is 11.1 Å². The molecular weight excluding hydrogens is 386 g/mol. The molecule has 2 N–H and O–H groups in total. The second-order valence-corrected chi connectivity index (χ2v) is 7.83. The number of rotatable bonds is 5. The van der Waals surface area contributed by atoms with E-state index in [0.29, 0.717) is 0 Å². The minimum absolute atomic E-state index is 0.0172. The van der Waals surface area contributed by atoms with Crippen LogP contribution in [0, 0.1) is 0 Å². The Labute approximate surface area is 181 Å². The fraction of sp³-hybridized carbons (Fsp3) is 0.148. The molecule has 0 bridgehead atoms. The highest BCUT2D eigenvalue weighted by molar-refractivity contribution is 5.83. The Bertz CT molecular complexity index is 1200. The average Bonchev–Trinajstić information content (AvgIpc) is 3.14. The van der Waals surface area contributed by atoms with Crippen molar-refractivity contribution in [3.05, 3.63) is 108 Å². The summed E-state index contributed by atoms with van der Waals surface area (Å²) < 4.78 is 5.54. The Hall–Kier alpha value is -3.63. The van der Waals surface area contributed by atoms with Crippen LogP contribution in [0.3, 0.4) is 0 Å². The maximum atomic E-state index is 12.3. The molecule has 1 unspecified atom stereocenters. The normalized spacial score (nSPS) is 13.5. The highest BCUT2D eigenvalue weighted by Crippen LogP contribution is 2.44. The molecule has 0 spiro atoms. The van der Waals surface area contributed by atoms with Gasteiger partial charge in [-0.15, -0.1) is 0 Å². The van der Waals surface area contributed by atoms with Gasteiger partial charge in [-0.2, -0.15) is 0 Å². The van der Waals surface area contributed by atoms with Gasteiger partial charge in [0.2, 0.25) is 0 Å². The molecule has 1 aliphatic rings. The maximum Gasteiger partial charge on any atom is 0.407 e. The third-order valence-corrected chi connectivity index (χ3v) is 5.94. The molecule has 1 aliphatic carbocycles. The molecule has 0 saturated heterocycles. The lowest BCUT2D eigenvalue weighted by molar-refractivity contribution is 0.128. The topological polar surface area (TPSA) is 58.6 Å². The lowest BCUT2D eigenvalue weighted by atomic mass is 9.98. The van der Waals surface area contributed by atoms with Crippen molar-refractivity contribution in [2.24, 2.45) is 0 Å². The van der Waals surface area contributed by atoms with E-state index in [2.05, 4.69) is 29.6 Å². The summed E-state index contributed by atoms with van der Waals surface area (Å²) in [5, 5.41) is 15.4. The van der Waals surface area contributed by atoms with Crippen molar-refractivity contribution in [3.63, 3.8) is 0 Å². The summed E-state index contributed by atoms with van der Waals surface area (Å²) in [4.78, 5) is 12.3. The Morgan fingerprint density at radius 3 is 2.16 bits per heavy atom. The van der Waals surface area contributed by atoms with Crippen molar-refractivity contribution >= 4 is 16.9 Å². The molecule has 0 heterocycles.